The first-order chi connectivity index (χ1) is 13.7. The normalized spacial score (nSPS) is 19.6. The number of Topliss-reactive ketones (excluding diaryl/α,β-unsaturated/α-hetero) is 2. The highest BCUT2D eigenvalue weighted by Crippen LogP contribution is 2.44. The van der Waals surface area contributed by atoms with Crippen molar-refractivity contribution in [1.29, 1.82) is 0 Å². The van der Waals surface area contributed by atoms with Gasteiger partial charge in [0.2, 0.25) is 5.78 Å². The summed E-state index contributed by atoms with van der Waals surface area (Å²) in [7, 11) is 1.50. The molecule has 152 valence electrons. The van der Waals surface area contributed by atoms with Crippen LogP contribution in [0.15, 0.2) is 42.6 Å². The Hall–Kier alpha value is -3.06. The van der Waals surface area contributed by atoms with Gasteiger partial charge in [-0.25, -0.2) is 4.98 Å². The number of amides is 1. The number of pyridine rings is 1. The maximum absolute atomic E-state index is 13.2. The van der Waals surface area contributed by atoms with Gasteiger partial charge in [0.05, 0.1) is 19.8 Å². The lowest BCUT2D eigenvalue weighted by atomic mass is 9.77. The number of carbonyl (C=O) groups excluding carboxylic acids is 3. The Labute approximate surface area is 169 Å². The summed E-state index contributed by atoms with van der Waals surface area (Å²) < 4.78 is 5.45. The second-order valence-electron chi connectivity index (χ2n) is 8.00. The smallest absolute Gasteiger partial charge is 0.297 e. The van der Waals surface area contributed by atoms with Crippen LogP contribution in [0, 0.1) is 11.3 Å². The van der Waals surface area contributed by atoms with Crippen molar-refractivity contribution >= 4 is 23.3 Å². The first-order valence-corrected chi connectivity index (χ1v) is 9.31. The average Bonchev–Trinajstić information content (AvgIpc) is 2.97. The van der Waals surface area contributed by atoms with E-state index in [1.807, 2.05) is 0 Å². The van der Waals surface area contributed by atoms with E-state index in [-0.39, 0.29) is 18.2 Å². The fourth-order valence-corrected chi connectivity index (χ4v) is 3.53. The minimum Gasteiger partial charge on any atom is -0.496 e. The molecule has 29 heavy (non-hydrogen) atoms. The van der Waals surface area contributed by atoms with Crippen molar-refractivity contribution in [3.8, 4) is 5.75 Å². The third-order valence-electron chi connectivity index (χ3n) is 5.02. The third kappa shape index (κ3) is 3.65. The molecule has 1 N–H and O–H groups in total. The molecular formula is C22H24N2O5. The summed E-state index contributed by atoms with van der Waals surface area (Å²) in [6, 6.07) is 9.33. The number of methoxy groups -OCH3 is 1. The number of benzene rings is 1. The van der Waals surface area contributed by atoms with E-state index in [0.717, 1.165) is 0 Å². The quantitative estimate of drug-likeness (QED) is 0.616. The Morgan fingerprint density at radius 2 is 1.86 bits per heavy atom. The van der Waals surface area contributed by atoms with Crippen molar-refractivity contribution in [2.45, 2.75) is 33.4 Å². The molecule has 1 aliphatic heterocycles. The van der Waals surface area contributed by atoms with Gasteiger partial charge in [-0.1, -0.05) is 45.0 Å². The number of aliphatic hydroxyl groups excluding tert-OH is 1. The Morgan fingerprint density at radius 1 is 1.17 bits per heavy atom. The predicted octanol–water partition coefficient (Wildman–Crippen LogP) is 2.47. The number of nitrogens with zero attached hydrogens (tertiary/aromatic N) is 2. The number of anilines is 1. The number of aliphatic hydroxyl groups is 1. The first kappa shape index (κ1) is 20.7. The molecule has 2 atom stereocenters. The molecule has 1 aromatic heterocycles. The van der Waals surface area contributed by atoms with Crippen molar-refractivity contribution in [3.63, 3.8) is 0 Å². The van der Waals surface area contributed by atoms with Crippen LogP contribution in [0.5, 0.6) is 5.75 Å². The molecule has 1 saturated heterocycles. The molecule has 2 aromatic rings. The summed E-state index contributed by atoms with van der Waals surface area (Å²) in [5, 5.41) is 9.25. The molecule has 1 amide bonds. The summed E-state index contributed by atoms with van der Waals surface area (Å²) >= 11 is 0. The molecule has 0 bridgehead atoms. The lowest BCUT2D eigenvalue weighted by molar-refractivity contribution is -0.141. The van der Waals surface area contributed by atoms with Crippen molar-refractivity contribution in [2.24, 2.45) is 11.3 Å². The standard InChI is InChI=1S/C22H24N2O5/c1-22(2,3)20(27)17-18(14-7-5-6-8-15(14)29-4)24(21(28)19(17)26)16-10-9-13(12-25)11-23-16/h5-11,17-18,25H,12H2,1-4H3. The van der Waals surface area contributed by atoms with E-state index >= 15 is 0 Å². The molecule has 1 fully saturated rings. The predicted molar refractivity (Wildman–Crippen MR) is 106 cm³/mol. The monoisotopic (exact) mass is 396 g/mol. The number of para-hydroxylation sites is 1. The van der Waals surface area contributed by atoms with Gasteiger partial charge in [0.1, 0.15) is 17.5 Å². The van der Waals surface area contributed by atoms with Crippen molar-refractivity contribution in [2.75, 3.05) is 12.0 Å². The molecule has 7 nitrogen and oxygen atoms in total. The van der Waals surface area contributed by atoms with Gasteiger partial charge in [0, 0.05) is 17.2 Å². The SMILES string of the molecule is COc1ccccc1C1C(C(=O)C(C)(C)C)C(=O)C(=O)N1c1ccc(CO)cn1. The third-order valence-corrected chi connectivity index (χ3v) is 5.02. The zero-order chi connectivity index (χ0) is 21.3. The van der Waals surface area contributed by atoms with Gasteiger partial charge in [-0.15, -0.1) is 0 Å². The van der Waals surface area contributed by atoms with Gasteiger partial charge < -0.3 is 9.84 Å². The largest absolute Gasteiger partial charge is 0.496 e. The van der Waals surface area contributed by atoms with Crippen LogP contribution in [0.25, 0.3) is 0 Å². The second-order valence-corrected chi connectivity index (χ2v) is 8.00. The van der Waals surface area contributed by atoms with E-state index in [1.165, 1.54) is 18.2 Å². The Bertz CT molecular complexity index is 946. The van der Waals surface area contributed by atoms with E-state index in [0.29, 0.717) is 16.9 Å². The lowest BCUT2D eigenvalue weighted by Gasteiger charge is -2.30. The molecule has 2 unspecified atom stereocenters. The highest BCUT2D eigenvalue weighted by molar-refractivity contribution is 6.48. The highest BCUT2D eigenvalue weighted by Gasteiger charge is 2.55. The molecular weight excluding hydrogens is 372 g/mol. The molecule has 0 saturated carbocycles. The zero-order valence-electron chi connectivity index (χ0n) is 16.9. The van der Waals surface area contributed by atoms with Crippen LogP contribution < -0.4 is 9.64 Å². The van der Waals surface area contributed by atoms with Crippen LogP contribution in [-0.2, 0) is 21.0 Å². The fourth-order valence-electron chi connectivity index (χ4n) is 3.53. The topological polar surface area (TPSA) is 96.8 Å². The van der Waals surface area contributed by atoms with E-state index in [2.05, 4.69) is 4.98 Å². The van der Waals surface area contributed by atoms with Crippen LogP contribution in [0.2, 0.25) is 0 Å². The first-order valence-electron chi connectivity index (χ1n) is 9.31. The molecule has 7 heteroatoms. The van der Waals surface area contributed by atoms with E-state index in [9.17, 15) is 19.5 Å². The Morgan fingerprint density at radius 3 is 2.41 bits per heavy atom. The summed E-state index contributed by atoms with van der Waals surface area (Å²) in [5.41, 5.74) is 0.318. The highest BCUT2D eigenvalue weighted by atomic mass is 16.5. The zero-order valence-corrected chi connectivity index (χ0v) is 16.9. The van der Waals surface area contributed by atoms with Crippen molar-refractivity contribution in [1.82, 2.24) is 4.98 Å². The van der Waals surface area contributed by atoms with Crippen LogP contribution in [-0.4, -0.2) is 34.7 Å². The number of carbonyl (C=O) groups is 3. The van der Waals surface area contributed by atoms with Gasteiger partial charge in [0.25, 0.3) is 5.91 Å². The molecule has 1 aliphatic rings. The number of ketones is 2. The molecule has 1 aromatic carbocycles. The second kappa shape index (κ2) is 7.75. The van der Waals surface area contributed by atoms with Crippen LogP contribution in [0.4, 0.5) is 5.82 Å². The minimum atomic E-state index is -1.17. The summed E-state index contributed by atoms with van der Waals surface area (Å²) in [6.45, 7) is 4.98. The lowest BCUT2D eigenvalue weighted by Crippen LogP contribution is -2.36. The fraction of sp³-hybridized carbons (Fsp3) is 0.364. The van der Waals surface area contributed by atoms with Crippen molar-refractivity contribution in [3.05, 3.63) is 53.7 Å². The Balaban J connectivity index is 2.20. The summed E-state index contributed by atoms with van der Waals surface area (Å²) in [5.74, 6) is -2.31. The van der Waals surface area contributed by atoms with Gasteiger partial charge in [0.15, 0.2) is 5.78 Å². The number of rotatable bonds is 5. The average molecular weight is 396 g/mol. The van der Waals surface area contributed by atoms with Crippen LogP contribution >= 0.6 is 0 Å². The summed E-state index contributed by atoms with van der Waals surface area (Å²) in [6.07, 6.45) is 1.44. The Kier molecular flexibility index (Phi) is 5.53. The number of ether oxygens (including phenoxy) is 1. The van der Waals surface area contributed by atoms with Gasteiger partial charge in [-0.3, -0.25) is 19.3 Å². The van der Waals surface area contributed by atoms with Crippen LogP contribution in [0.1, 0.15) is 37.9 Å². The number of hydrogen-bond acceptors (Lipinski definition) is 6. The van der Waals surface area contributed by atoms with Crippen LogP contribution in [0.3, 0.4) is 0 Å². The number of hydrogen-bond donors (Lipinski definition) is 1. The molecule has 0 spiro atoms. The van der Waals surface area contributed by atoms with Gasteiger partial charge >= 0.3 is 0 Å². The maximum atomic E-state index is 13.2. The molecule has 0 aliphatic carbocycles. The van der Waals surface area contributed by atoms with E-state index in [1.54, 1.807) is 57.2 Å². The summed E-state index contributed by atoms with van der Waals surface area (Å²) in [4.78, 5) is 44.6. The van der Waals surface area contributed by atoms with Gasteiger partial charge in [-0.05, 0) is 17.7 Å². The molecule has 2 heterocycles. The van der Waals surface area contributed by atoms with E-state index < -0.39 is 29.1 Å². The number of aromatic nitrogens is 1. The van der Waals surface area contributed by atoms with Gasteiger partial charge in [-0.2, -0.15) is 0 Å². The van der Waals surface area contributed by atoms with E-state index in [4.69, 9.17) is 4.74 Å². The van der Waals surface area contributed by atoms with Crippen molar-refractivity contribution < 1.29 is 24.2 Å². The molecule has 0 radical (unpaired) electrons. The maximum Gasteiger partial charge on any atom is 0.297 e. The minimum absolute atomic E-state index is 0.193. The molecule has 3 rings (SSSR count).